The van der Waals surface area contributed by atoms with Crippen molar-refractivity contribution in [3.63, 3.8) is 0 Å². The number of rotatable bonds is 4. The van der Waals surface area contributed by atoms with E-state index in [4.69, 9.17) is 0 Å². The van der Waals surface area contributed by atoms with Crippen LogP contribution in [-0.2, 0) is 11.3 Å². The average molecular weight is 310 g/mol. The molecule has 0 aliphatic carbocycles. The highest BCUT2D eigenvalue weighted by atomic mass is 79.9. The van der Waals surface area contributed by atoms with Gasteiger partial charge in [-0.25, -0.2) is 4.98 Å². The molecule has 5 heteroatoms. The van der Waals surface area contributed by atoms with E-state index in [1.54, 1.807) is 11.8 Å². The summed E-state index contributed by atoms with van der Waals surface area (Å²) < 4.78 is 1.02. The summed E-state index contributed by atoms with van der Waals surface area (Å²) in [6, 6.07) is 5.91. The first kappa shape index (κ1) is 13.1. The molecule has 0 unspecified atom stereocenters. The first-order chi connectivity index (χ1) is 8.60. The van der Waals surface area contributed by atoms with Crippen LogP contribution in [0, 0.1) is 0 Å². The molecule has 2 aromatic rings. The van der Waals surface area contributed by atoms with Gasteiger partial charge in [-0.1, -0.05) is 22.9 Å². The summed E-state index contributed by atoms with van der Waals surface area (Å²) >= 11 is 3.43. The van der Waals surface area contributed by atoms with Gasteiger partial charge in [0.1, 0.15) is 5.82 Å². The number of imidazole rings is 1. The molecule has 18 heavy (non-hydrogen) atoms. The summed E-state index contributed by atoms with van der Waals surface area (Å²) in [5, 5.41) is 0. The summed E-state index contributed by atoms with van der Waals surface area (Å²) in [6.07, 6.45) is 0.950. The van der Waals surface area contributed by atoms with Crippen LogP contribution in [0.5, 0.6) is 0 Å². The lowest BCUT2D eigenvalue weighted by Crippen LogP contribution is -2.29. The lowest BCUT2D eigenvalue weighted by Gasteiger charge is -2.18. The number of carbonyl (C=O) groups excluding carboxylic acids is 1. The Bertz CT molecular complexity index is 564. The van der Waals surface area contributed by atoms with E-state index in [0.717, 1.165) is 34.3 Å². The first-order valence-electron chi connectivity index (χ1n) is 6.00. The molecule has 0 spiro atoms. The summed E-state index contributed by atoms with van der Waals surface area (Å²) in [5.41, 5.74) is 1.91. The van der Waals surface area contributed by atoms with Crippen molar-refractivity contribution in [1.82, 2.24) is 14.9 Å². The van der Waals surface area contributed by atoms with E-state index in [1.165, 1.54) is 0 Å². The van der Waals surface area contributed by atoms with Crippen LogP contribution in [0.15, 0.2) is 22.7 Å². The van der Waals surface area contributed by atoms with Crippen LogP contribution in [0.1, 0.15) is 26.1 Å². The minimum absolute atomic E-state index is 0.0819. The standard InChI is InChI=1S/C13H16BrN3O/c1-3-6-17(9(2)18)8-13-15-11-5-4-10(14)7-12(11)16-13/h4-5,7H,3,6,8H2,1-2H3,(H,15,16). The van der Waals surface area contributed by atoms with Crippen molar-refractivity contribution >= 4 is 32.9 Å². The molecule has 1 N–H and O–H groups in total. The summed E-state index contributed by atoms with van der Waals surface area (Å²) in [6.45, 7) is 4.95. The normalized spacial score (nSPS) is 10.8. The third-order valence-electron chi connectivity index (χ3n) is 2.77. The van der Waals surface area contributed by atoms with E-state index in [2.05, 4.69) is 32.8 Å². The molecule has 0 aliphatic rings. The van der Waals surface area contributed by atoms with Gasteiger partial charge in [-0.3, -0.25) is 4.79 Å². The molecular weight excluding hydrogens is 294 g/mol. The van der Waals surface area contributed by atoms with Crippen LogP contribution < -0.4 is 0 Å². The number of fused-ring (bicyclic) bond motifs is 1. The van der Waals surface area contributed by atoms with Gasteiger partial charge in [0, 0.05) is 17.9 Å². The smallest absolute Gasteiger partial charge is 0.219 e. The predicted molar refractivity (Wildman–Crippen MR) is 75.2 cm³/mol. The molecule has 1 aromatic carbocycles. The lowest BCUT2D eigenvalue weighted by molar-refractivity contribution is -0.129. The van der Waals surface area contributed by atoms with Crippen molar-refractivity contribution in [3.8, 4) is 0 Å². The monoisotopic (exact) mass is 309 g/mol. The molecule has 0 aliphatic heterocycles. The van der Waals surface area contributed by atoms with Gasteiger partial charge in [0.15, 0.2) is 0 Å². The Labute approximate surface area is 115 Å². The Morgan fingerprint density at radius 3 is 2.94 bits per heavy atom. The number of aromatic nitrogens is 2. The molecule has 0 atom stereocenters. The fraction of sp³-hybridized carbons (Fsp3) is 0.385. The minimum Gasteiger partial charge on any atom is -0.340 e. The zero-order chi connectivity index (χ0) is 13.1. The van der Waals surface area contributed by atoms with Crippen LogP contribution in [0.4, 0.5) is 0 Å². The van der Waals surface area contributed by atoms with Gasteiger partial charge in [0.05, 0.1) is 17.6 Å². The topological polar surface area (TPSA) is 49.0 Å². The van der Waals surface area contributed by atoms with E-state index < -0.39 is 0 Å². The fourth-order valence-electron chi connectivity index (χ4n) is 1.91. The second-order valence-corrected chi connectivity index (χ2v) is 5.20. The second kappa shape index (κ2) is 5.52. The number of halogens is 1. The highest BCUT2D eigenvalue weighted by Gasteiger charge is 2.11. The summed E-state index contributed by atoms with van der Waals surface area (Å²) in [7, 11) is 0. The van der Waals surface area contributed by atoms with Gasteiger partial charge in [-0.05, 0) is 24.6 Å². The number of H-pyrrole nitrogens is 1. The van der Waals surface area contributed by atoms with Gasteiger partial charge >= 0.3 is 0 Å². The molecule has 0 saturated carbocycles. The summed E-state index contributed by atoms with van der Waals surface area (Å²) in [5.74, 6) is 0.908. The Balaban J connectivity index is 2.22. The Morgan fingerprint density at radius 2 is 2.28 bits per heavy atom. The first-order valence-corrected chi connectivity index (χ1v) is 6.79. The van der Waals surface area contributed by atoms with Gasteiger partial charge < -0.3 is 9.88 Å². The van der Waals surface area contributed by atoms with Gasteiger partial charge in [-0.15, -0.1) is 0 Å². The zero-order valence-electron chi connectivity index (χ0n) is 10.5. The maximum absolute atomic E-state index is 11.5. The van der Waals surface area contributed by atoms with Crippen molar-refractivity contribution in [2.45, 2.75) is 26.8 Å². The molecule has 1 amide bonds. The van der Waals surface area contributed by atoms with E-state index in [9.17, 15) is 4.79 Å². The minimum atomic E-state index is 0.0819. The summed E-state index contributed by atoms with van der Waals surface area (Å²) in [4.78, 5) is 21.0. The number of hydrogen-bond donors (Lipinski definition) is 1. The lowest BCUT2D eigenvalue weighted by atomic mass is 10.3. The third kappa shape index (κ3) is 2.90. The molecule has 1 aromatic heterocycles. The second-order valence-electron chi connectivity index (χ2n) is 4.29. The zero-order valence-corrected chi connectivity index (χ0v) is 12.1. The van der Waals surface area contributed by atoms with Gasteiger partial charge in [0.2, 0.25) is 5.91 Å². The van der Waals surface area contributed by atoms with Crippen LogP contribution >= 0.6 is 15.9 Å². The molecular formula is C13H16BrN3O. The highest BCUT2D eigenvalue weighted by Crippen LogP contribution is 2.18. The van der Waals surface area contributed by atoms with Crippen molar-refractivity contribution in [2.75, 3.05) is 6.54 Å². The number of carbonyl (C=O) groups is 1. The van der Waals surface area contributed by atoms with Crippen LogP contribution in [0.3, 0.4) is 0 Å². The molecule has 96 valence electrons. The molecule has 2 rings (SSSR count). The predicted octanol–water partition coefficient (Wildman–Crippen LogP) is 3.08. The average Bonchev–Trinajstić information content (AvgIpc) is 2.69. The van der Waals surface area contributed by atoms with Crippen molar-refractivity contribution < 1.29 is 4.79 Å². The number of aromatic amines is 1. The van der Waals surface area contributed by atoms with E-state index in [0.29, 0.717) is 6.54 Å². The molecule has 0 saturated heterocycles. The largest absolute Gasteiger partial charge is 0.340 e. The van der Waals surface area contributed by atoms with E-state index in [1.807, 2.05) is 18.2 Å². The third-order valence-corrected chi connectivity index (χ3v) is 3.27. The highest BCUT2D eigenvalue weighted by molar-refractivity contribution is 9.10. The number of nitrogens with zero attached hydrogens (tertiary/aromatic N) is 2. The van der Waals surface area contributed by atoms with Crippen molar-refractivity contribution in [2.24, 2.45) is 0 Å². The maximum atomic E-state index is 11.5. The quantitative estimate of drug-likeness (QED) is 0.943. The van der Waals surface area contributed by atoms with Crippen LogP contribution in [0.2, 0.25) is 0 Å². The van der Waals surface area contributed by atoms with Crippen LogP contribution in [-0.4, -0.2) is 27.3 Å². The van der Waals surface area contributed by atoms with Crippen molar-refractivity contribution in [1.29, 1.82) is 0 Å². The fourth-order valence-corrected chi connectivity index (χ4v) is 2.27. The van der Waals surface area contributed by atoms with Gasteiger partial charge in [-0.2, -0.15) is 0 Å². The van der Waals surface area contributed by atoms with Gasteiger partial charge in [0.25, 0.3) is 0 Å². The number of benzene rings is 1. The maximum Gasteiger partial charge on any atom is 0.219 e. The molecule has 0 bridgehead atoms. The molecule has 0 fully saturated rings. The Hall–Kier alpha value is -1.36. The molecule has 1 heterocycles. The SMILES string of the molecule is CCCN(Cc1nc2ccc(Br)cc2[nH]1)C(C)=O. The van der Waals surface area contributed by atoms with E-state index in [-0.39, 0.29) is 5.91 Å². The number of hydrogen-bond acceptors (Lipinski definition) is 2. The Kier molecular flexibility index (Phi) is 4.01. The number of nitrogens with one attached hydrogen (secondary N) is 1. The number of amides is 1. The van der Waals surface area contributed by atoms with Crippen LogP contribution in [0.25, 0.3) is 11.0 Å². The van der Waals surface area contributed by atoms with Crippen molar-refractivity contribution in [3.05, 3.63) is 28.5 Å². The molecule has 4 nitrogen and oxygen atoms in total. The molecule has 0 radical (unpaired) electrons. The Morgan fingerprint density at radius 1 is 1.50 bits per heavy atom. The van der Waals surface area contributed by atoms with E-state index >= 15 is 0 Å².